The summed E-state index contributed by atoms with van der Waals surface area (Å²) in [4.78, 5) is 20.1. The monoisotopic (exact) mass is 400 g/mol. The molecule has 5 nitrogen and oxygen atoms in total. The van der Waals surface area contributed by atoms with Crippen molar-refractivity contribution in [2.45, 2.75) is 0 Å². The lowest BCUT2D eigenvalue weighted by atomic mass is 10.1. The van der Waals surface area contributed by atoms with Crippen molar-refractivity contribution in [3.63, 3.8) is 0 Å². The number of carbonyl (C=O) groups excluding carboxylic acids is 1. The maximum Gasteiger partial charge on any atom is 0.238 e. The maximum atomic E-state index is 14.3. The predicted molar refractivity (Wildman–Crippen MR) is 105 cm³/mol. The normalized spacial score (nSPS) is 14.9. The Kier molecular flexibility index (Phi) is 5.35. The first-order valence-corrected chi connectivity index (χ1v) is 9.27. The molecule has 8 heteroatoms. The number of anilines is 2. The molecule has 0 unspecified atom stereocenters. The van der Waals surface area contributed by atoms with Crippen LogP contribution in [0.3, 0.4) is 0 Å². The van der Waals surface area contributed by atoms with Gasteiger partial charge in [0.05, 0.1) is 17.6 Å². The van der Waals surface area contributed by atoms with Crippen LogP contribution in [0.5, 0.6) is 0 Å². The molecule has 1 aliphatic heterocycles. The van der Waals surface area contributed by atoms with Gasteiger partial charge in [-0.15, -0.1) is 0 Å². The van der Waals surface area contributed by atoms with Gasteiger partial charge >= 0.3 is 0 Å². The minimum Gasteiger partial charge on any atom is -0.368 e. The molecule has 0 aliphatic carbocycles. The average Bonchev–Trinajstić information content (AvgIpc) is 2.73. The van der Waals surface area contributed by atoms with Crippen LogP contribution in [0.25, 0.3) is 10.9 Å². The van der Waals surface area contributed by atoms with E-state index in [4.69, 9.17) is 0 Å². The lowest BCUT2D eigenvalue weighted by Crippen LogP contribution is -2.48. The van der Waals surface area contributed by atoms with E-state index in [2.05, 4.69) is 10.3 Å². The molecule has 0 atom stereocenters. The second-order valence-corrected chi connectivity index (χ2v) is 6.90. The Morgan fingerprint density at radius 3 is 2.34 bits per heavy atom. The summed E-state index contributed by atoms with van der Waals surface area (Å²) in [5.41, 5.74) is 1.15. The number of piperazine rings is 1. The Labute approximate surface area is 165 Å². The number of amides is 1. The Bertz CT molecular complexity index is 1030. The summed E-state index contributed by atoms with van der Waals surface area (Å²) in [5.74, 6) is -1.61. The van der Waals surface area contributed by atoms with Crippen LogP contribution in [0.2, 0.25) is 0 Å². The van der Waals surface area contributed by atoms with Gasteiger partial charge in [0, 0.05) is 38.1 Å². The zero-order chi connectivity index (χ0) is 20.4. The predicted octanol–water partition coefficient (Wildman–Crippen LogP) is 3.41. The maximum absolute atomic E-state index is 14.3. The van der Waals surface area contributed by atoms with Gasteiger partial charge in [0.15, 0.2) is 0 Å². The van der Waals surface area contributed by atoms with E-state index < -0.39 is 11.6 Å². The molecule has 0 radical (unpaired) electrons. The van der Waals surface area contributed by atoms with Crippen LogP contribution < -0.4 is 10.2 Å². The van der Waals surface area contributed by atoms with Gasteiger partial charge in [-0.1, -0.05) is 0 Å². The zero-order valence-electron chi connectivity index (χ0n) is 15.5. The van der Waals surface area contributed by atoms with Crippen LogP contribution in [-0.4, -0.2) is 48.5 Å². The van der Waals surface area contributed by atoms with E-state index in [0.29, 0.717) is 37.6 Å². The number of hydrogen-bond donors (Lipinski definition) is 1. The van der Waals surface area contributed by atoms with Crippen molar-refractivity contribution in [1.82, 2.24) is 9.88 Å². The Balaban J connectivity index is 1.40. The fraction of sp³-hybridized carbons (Fsp3) is 0.238. The standard InChI is InChI=1S/C21H19F3N4O/c22-14-1-3-15(4-2-14)26-19(29)13-27-9-11-28(12-10-27)18-7-8-25-21-17(24)6-5-16(23)20(18)21/h1-8H,9-13H2,(H,26,29). The van der Waals surface area contributed by atoms with Crippen LogP contribution in [0.4, 0.5) is 24.5 Å². The summed E-state index contributed by atoms with van der Waals surface area (Å²) in [7, 11) is 0. The Morgan fingerprint density at radius 2 is 1.62 bits per heavy atom. The minimum absolute atomic E-state index is 0.0172. The van der Waals surface area contributed by atoms with Gasteiger partial charge in [-0.25, -0.2) is 13.2 Å². The number of aromatic nitrogens is 1. The fourth-order valence-corrected chi connectivity index (χ4v) is 3.52. The number of rotatable bonds is 4. The summed E-state index contributed by atoms with van der Waals surface area (Å²) in [6.45, 7) is 2.53. The van der Waals surface area contributed by atoms with E-state index in [1.807, 2.05) is 9.80 Å². The van der Waals surface area contributed by atoms with Gasteiger partial charge in [-0.2, -0.15) is 0 Å². The van der Waals surface area contributed by atoms with Gasteiger partial charge in [0.2, 0.25) is 5.91 Å². The summed E-state index contributed by atoms with van der Waals surface area (Å²) >= 11 is 0. The molecule has 2 heterocycles. The quantitative estimate of drug-likeness (QED) is 0.729. The number of benzene rings is 2. The third-order valence-electron chi connectivity index (χ3n) is 4.98. The van der Waals surface area contributed by atoms with Gasteiger partial charge < -0.3 is 10.2 Å². The first-order chi connectivity index (χ1) is 14.0. The second-order valence-electron chi connectivity index (χ2n) is 6.90. The topological polar surface area (TPSA) is 48.5 Å². The Morgan fingerprint density at radius 1 is 0.931 bits per heavy atom. The van der Waals surface area contributed by atoms with Crippen LogP contribution >= 0.6 is 0 Å². The molecule has 1 amide bonds. The molecule has 1 saturated heterocycles. The van der Waals surface area contributed by atoms with Crippen molar-refractivity contribution in [2.75, 3.05) is 42.9 Å². The van der Waals surface area contributed by atoms with Gasteiger partial charge in [0.25, 0.3) is 0 Å². The first kappa shape index (κ1) is 19.2. The third-order valence-corrected chi connectivity index (χ3v) is 4.98. The van der Waals surface area contributed by atoms with Crippen molar-refractivity contribution < 1.29 is 18.0 Å². The molecule has 0 saturated carbocycles. The minimum atomic E-state index is -0.556. The highest BCUT2D eigenvalue weighted by Gasteiger charge is 2.22. The summed E-state index contributed by atoms with van der Waals surface area (Å²) in [5, 5.41) is 2.91. The number of pyridine rings is 1. The number of nitrogens with zero attached hydrogens (tertiary/aromatic N) is 3. The van der Waals surface area contributed by atoms with Crippen LogP contribution in [0, 0.1) is 17.5 Å². The number of nitrogens with one attached hydrogen (secondary N) is 1. The lowest BCUT2D eigenvalue weighted by Gasteiger charge is -2.36. The fourth-order valence-electron chi connectivity index (χ4n) is 3.52. The molecule has 1 N–H and O–H groups in total. The lowest BCUT2D eigenvalue weighted by molar-refractivity contribution is -0.117. The molecule has 1 aromatic heterocycles. The third kappa shape index (κ3) is 4.17. The molecular formula is C21H19F3N4O. The van der Waals surface area contributed by atoms with Crippen molar-refractivity contribution >= 4 is 28.2 Å². The Hall–Kier alpha value is -3.13. The molecule has 1 aliphatic rings. The highest BCUT2D eigenvalue weighted by molar-refractivity contribution is 5.93. The van der Waals surface area contributed by atoms with E-state index in [-0.39, 0.29) is 29.2 Å². The number of carbonyl (C=O) groups is 1. The van der Waals surface area contributed by atoms with Crippen molar-refractivity contribution in [1.29, 1.82) is 0 Å². The number of hydrogen-bond acceptors (Lipinski definition) is 4. The largest absolute Gasteiger partial charge is 0.368 e. The second kappa shape index (κ2) is 8.08. The molecule has 0 bridgehead atoms. The van der Waals surface area contributed by atoms with Crippen LogP contribution in [0.1, 0.15) is 0 Å². The van der Waals surface area contributed by atoms with E-state index in [1.54, 1.807) is 6.07 Å². The van der Waals surface area contributed by atoms with Crippen molar-refractivity contribution in [2.24, 2.45) is 0 Å². The molecular weight excluding hydrogens is 381 g/mol. The number of fused-ring (bicyclic) bond motifs is 1. The highest BCUT2D eigenvalue weighted by atomic mass is 19.1. The summed E-state index contributed by atoms with van der Waals surface area (Å²) in [6, 6.07) is 9.46. The van der Waals surface area contributed by atoms with E-state index in [0.717, 1.165) is 12.1 Å². The van der Waals surface area contributed by atoms with Crippen molar-refractivity contribution in [3.05, 3.63) is 66.1 Å². The molecule has 4 rings (SSSR count). The molecule has 0 spiro atoms. The summed E-state index contributed by atoms with van der Waals surface area (Å²) in [6.07, 6.45) is 1.47. The molecule has 3 aromatic rings. The van der Waals surface area contributed by atoms with Gasteiger partial charge in [-0.3, -0.25) is 14.7 Å². The van der Waals surface area contributed by atoms with Crippen LogP contribution in [-0.2, 0) is 4.79 Å². The van der Waals surface area contributed by atoms with E-state index in [1.165, 1.54) is 30.5 Å². The zero-order valence-corrected chi connectivity index (χ0v) is 15.5. The van der Waals surface area contributed by atoms with E-state index >= 15 is 0 Å². The first-order valence-electron chi connectivity index (χ1n) is 9.27. The molecule has 29 heavy (non-hydrogen) atoms. The van der Waals surface area contributed by atoms with Crippen molar-refractivity contribution in [3.8, 4) is 0 Å². The highest BCUT2D eigenvalue weighted by Crippen LogP contribution is 2.30. The average molecular weight is 400 g/mol. The molecule has 1 fully saturated rings. The van der Waals surface area contributed by atoms with E-state index in [9.17, 15) is 18.0 Å². The summed E-state index contributed by atoms with van der Waals surface area (Å²) < 4.78 is 41.3. The SMILES string of the molecule is O=C(CN1CCN(c2ccnc3c(F)ccc(F)c23)CC1)Nc1ccc(F)cc1. The number of halogens is 3. The van der Waals surface area contributed by atoms with Gasteiger partial charge in [0.1, 0.15) is 23.0 Å². The smallest absolute Gasteiger partial charge is 0.238 e. The van der Waals surface area contributed by atoms with Crippen LogP contribution in [0.15, 0.2) is 48.7 Å². The van der Waals surface area contributed by atoms with Gasteiger partial charge in [-0.05, 0) is 42.5 Å². The molecule has 150 valence electrons. The molecule has 2 aromatic carbocycles.